The summed E-state index contributed by atoms with van der Waals surface area (Å²) in [6.07, 6.45) is 3.70. The molecule has 1 aliphatic carbocycles. The molecule has 0 bridgehead atoms. The number of rotatable bonds is 2. The number of carbonyl (C=O) groups is 1. The van der Waals surface area contributed by atoms with E-state index >= 15 is 0 Å². The van der Waals surface area contributed by atoms with Crippen molar-refractivity contribution in [3.8, 4) is 0 Å². The highest BCUT2D eigenvalue weighted by molar-refractivity contribution is 5.72. The molecule has 0 radical (unpaired) electrons. The molecule has 0 heterocycles. The highest BCUT2D eigenvalue weighted by atomic mass is 19.1. The van der Waals surface area contributed by atoms with Gasteiger partial charge in [-0.05, 0) is 42.5 Å². The van der Waals surface area contributed by atoms with Gasteiger partial charge in [0.25, 0.3) is 0 Å². The number of ether oxygens (including phenoxy) is 2. The summed E-state index contributed by atoms with van der Waals surface area (Å²) in [5, 5.41) is 0. The van der Waals surface area contributed by atoms with E-state index in [0.29, 0.717) is 0 Å². The zero-order valence-corrected chi connectivity index (χ0v) is 10.2. The Labute approximate surface area is 105 Å². The van der Waals surface area contributed by atoms with Gasteiger partial charge in [-0.15, -0.1) is 0 Å². The Morgan fingerprint density at radius 1 is 1.33 bits per heavy atom. The molecule has 18 heavy (non-hydrogen) atoms. The van der Waals surface area contributed by atoms with Crippen molar-refractivity contribution in [2.75, 3.05) is 7.11 Å². The Bertz CT molecular complexity index is 451. The molecule has 0 fully saturated rings. The predicted octanol–water partition coefficient (Wildman–Crippen LogP) is 3.54. The third-order valence-corrected chi connectivity index (χ3v) is 2.96. The largest absolute Gasteiger partial charge is 0.508 e. The van der Waals surface area contributed by atoms with Gasteiger partial charge in [0.15, 0.2) is 0 Å². The minimum Gasteiger partial charge on any atom is -0.438 e. The second kappa shape index (κ2) is 5.67. The van der Waals surface area contributed by atoms with Gasteiger partial charge in [-0.3, -0.25) is 0 Å². The number of benzene rings is 1. The second-order valence-electron chi connectivity index (χ2n) is 4.16. The van der Waals surface area contributed by atoms with Crippen LogP contribution in [0.4, 0.5) is 9.18 Å². The first-order valence-corrected chi connectivity index (χ1v) is 5.91. The smallest absolute Gasteiger partial charge is 0.438 e. The Morgan fingerprint density at radius 2 is 2.06 bits per heavy atom. The van der Waals surface area contributed by atoms with E-state index in [0.717, 1.165) is 30.4 Å². The van der Waals surface area contributed by atoms with Crippen LogP contribution >= 0.6 is 0 Å². The number of carbonyl (C=O) groups excluding carboxylic acids is 1. The molecule has 0 aliphatic heterocycles. The van der Waals surface area contributed by atoms with Crippen LogP contribution in [0.1, 0.15) is 24.8 Å². The zero-order chi connectivity index (χ0) is 13.0. The molecular formula is C14H15FO3. The van der Waals surface area contributed by atoms with E-state index in [1.807, 2.05) is 6.08 Å². The molecule has 3 nitrogen and oxygen atoms in total. The molecule has 0 spiro atoms. The van der Waals surface area contributed by atoms with Gasteiger partial charge in [-0.2, -0.15) is 0 Å². The maximum atomic E-state index is 12.9. The number of allylic oxidation sites excluding steroid dienone is 1. The molecule has 1 unspecified atom stereocenters. The van der Waals surface area contributed by atoms with Crippen molar-refractivity contribution >= 4 is 11.7 Å². The Kier molecular flexibility index (Phi) is 3.97. The average molecular weight is 250 g/mol. The highest BCUT2D eigenvalue weighted by Gasteiger charge is 2.23. The molecule has 96 valence electrons. The highest BCUT2D eigenvalue weighted by Crippen LogP contribution is 2.29. The summed E-state index contributed by atoms with van der Waals surface area (Å²) in [4.78, 5) is 11.2. The summed E-state index contributed by atoms with van der Waals surface area (Å²) in [5.41, 5.74) is 1.80. The van der Waals surface area contributed by atoms with E-state index in [2.05, 4.69) is 4.74 Å². The average Bonchev–Trinajstić information content (AvgIpc) is 2.40. The van der Waals surface area contributed by atoms with E-state index in [-0.39, 0.29) is 11.9 Å². The summed E-state index contributed by atoms with van der Waals surface area (Å²) < 4.78 is 22.6. The van der Waals surface area contributed by atoms with Crippen molar-refractivity contribution in [3.63, 3.8) is 0 Å². The Hall–Kier alpha value is -1.84. The minimum atomic E-state index is -0.685. The standard InChI is InChI=1S/C14H15FO3/c1-17-14(16)18-13-5-3-2-4-12(13)10-6-8-11(15)9-7-10/h4,6-9,13H,2-3,5H2,1H3. The lowest BCUT2D eigenvalue weighted by Gasteiger charge is -2.24. The fraction of sp³-hybridized carbons (Fsp3) is 0.357. The molecule has 2 rings (SSSR count). The van der Waals surface area contributed by atoms with Crippen LogP contribution in [-0.2, 0) is 9.47 Å². The molecule has 0 saturated carbocycles. The molecule has 0 aromatic heterocycles. The molecule has 1 aliphatic rings. The zero-order valence-electron chi connectivity index (χ0n) is 10.2. The van der Waals surface area contributed by atoms with Crippen LogP contribution in [0.5, 0.6) is 0 Å². The predicted molar refractivity (Wildman–Crippen MR) is 65.5 cm³/mol. The first-order valence-electron chi connectivity index (χ1n) is 5.91. The van der Waals surface area contributed by atoms with E-state index in [9.17, 15) is 9.18 Å². The maximum Gasteiger partial charge on any atom is 0.508 e. The number of halogens is 1. The van der Waals surface area contributed by atoms with Crippen molar-refractivity contribution in [3.05, 3.63) is 41.7 Å². The van der Waals surface area contributed by atoms with Crippen LogP contribution in [0.3, 0.4) is 0 Å². The summed E-state index contributed by atoms with van der Waals surface area (Å²) in [6.45, 7) is 0. The van der Waals surface area contributed by atoms with Crippen LogP contribution < -0.4 is 0 Å². The number of hydrogen-bond donors (Lipinski definition) is 0. The van der Waals surface area contributed by atoms with Crippen molar-refractivity contribution < 1.29 is 18.7 Å². The molecule has 4 heteroatoms. The number of hydrogen-bond acceptors (Lipinski definition) is 3. The molecule has 0 amide bonds. The van der Waals surface area contributed by atoms with E-state index in [4.69, 9.17) is 4.74 Å². The normalized spacial score (nSPS) is 19.0. The first-order chi connectivity index (χ1) is 8.70. The van der Waals surface area contributed by atoms with Crippen LogP contribution in [-0.4, -0.2) is 19.4 Å². The van der Waals surface area contributed by atoms with Gasteiger partial charge >= 0.3 is 6.16 Å². The lowest BCUT2D eigenvalue weighted by atomic mass is 9.91. The monoisotopic (exact) mass is 250 g/mol. The van der Waals surface area contributed by atoms with Gasteiger partial charge in [0, 0.05) is 0 Å². The van der Waals surface area contributed by atoms with Crippen LogP contribution in [0.2, 0.25) is 0 Å². The van der Waals surface area contributed by atoms with Gasteiger partial charge in [0.05, 0.1) is 7.11 Å². The summed E-state index contributed by atoms with van der Waals surface area (Å²) in [6, 6.07) is 6.19. The van der Waals surface area contributed by atoms with Crippen LogP contribution in [0.25, 0.3) is 5.57 Å². The van der Waals surface area contributed by atoms with Gasteiger partial charge in [-0.25, -0.2) is 9.18 Å². The topological polar surface area (TPSA) is 35.5 Å². The minimum absolute atomic E-state index is 0.277. The Morgan fingerprint density at radius 3 is 2.72 bits per heavy atom. The van der Waals surface area contributed by atoms with E-state index in [1.165, 1.54) is 19.2 Å². The van der Waals surface area contributed by atoms with E-state index in [1.54, 1.807) is 12.1 Å². The summed E-state index contributed by atoms with van der Waals surface area (Å²) in [5.74, 6) is -0.277. The molecular weight excluding hydrogens is 235 g/mol. The maximum absolute atomic E-state index is 12.9. The number of methoxy groups -OCH3 is 1. The molecule has 1 aromatic rings. The SMILES string of the molecule is COC(=O)OC1CCCC=C1c1ccc(F)cc1. The summed E-state index contributed by atoms with van der Waals surface area (Å²) >= 11 is 0. The third kappa shape index (κ3) is 2.88. The fourth-order valence-electron chi connectivity index (χ4n) is 2.08. The first kappa shape index (κ1) is 12.6. The lowest BCUT2D eigenvalue weighted by Crippen LogP contribution is -2.22. The fourth-order valence-corrected chi connectivity index (χ4v) is 2.08. The molecule has 1 aromatic carbocycles. The molecule has 1 atom stereocenters. The molecule has 0 N–H and O–H groups in total. The van der Waals surface area contributed by atoms with Crippen LogP contribution in [0.15, 0.2) is 30.3 Å². The van der Waals surface area contributed by atoms with Crippen molar-refractivity contribution in [1.82, 2.24) is 0 Å². The van der Waals surface area contributed by atoms with E-state index < -0.39 is 6.16 Å². The summed E-state index contributed by atoms with van der Waals surface area (Å²) in [7, 11) is 1.28. The lowest BCUT2D eigenvalue weighted by molar-refractivity contribution is 0.0514. The third-order valence-electron chi connectivity index (χ3n) is 2.96. The van der Waals surface area contributed by atoms with Crippen molar-refractivity contribution in [1.29, 1.82) is 0 Å². The van der Waals surface area contributed by atoms with Crippen LogP contribution in [0, 0.1) is 5.82 Å². The van der Waals surface area contributed by atoms with Gasteiger partial charge in [0.2, 0.25) is 0 Å². The van der Waals surface area contributed by atoms with Crippen molar-refractivity contribution in [2.45, 2.75) is 25.4 Å². The van der Waals surface area contributed by atoms with Gasteiger partial charge in [0.1, 0.15) is 11.9 Å². The second-order valence-corrected chi connectivity index (χ2v) is 4.16. The Balaban J connectivity index is 2.20. The van der Waals surface area contributed by atoms with Crippen molar-refractivity contribution in [2.24, 2.45) is 0 Å². The van der Waals surface area contributed by atoms with Gasteiger partial charge < -0.3 is 9.47 Å². The van der Waals surface area contributed by atoms with Gasteiger partial charge in [-0.1, -0.05) is 18.2 Å². The quantitative estimate of drug-likeness (QED) is 0.753. The molecule has 0 saturated heterocycles.